The summed E-state index contributed by atoms with van der Waals surface area (Å²) in [5.41, 5.74) is 0.238. The molecule has 1 aromatic carbocycles. The lowest BCUT2D eigenvalue weighted by Crippen LogP contribution is -2.03. The lowest BCUT2D eigenvalue weighted by molar-refractivity contribution is 0.121. The molecule has 1 rings (SSSR count). The second-order valence-corrected chi connectivity index (χ2v) is 2.39. The molecule has 0 aromatic heterocycles. The van der Waals surface area contributed by atoms with Gasteiger partial charge in [-0.15, -0.1) is 0 Å². The van der Waals surface area contributed by atoms with Gasteiger partial charge in [0.1, 0.15) is 5.82 Å². The Balaban J connectivity index is 3.13. The van der Waals surface area contributed by atoms with Gasteiger partial charge in [-0.05, 0) is 6.07 Å². The van der Waals surface area contributed by atoms with E-state index in [-0.39, 0.29) is 17.9 Å². The molecule has 1 aromatic rings. The first kappa shape index (κ1) is 9.88. The van der Waals surface area contributed by atoms with Crippen molar-refractivity contribution >= 4 is 0 Å². The Kier molecular flexibility index (Phi) is 3.16. The molecule has 13 heavy (non-hydrogen) atoms. The van der Waals surface area contributed by atoms with Crippen molar-refractivity contribution in [2.75, 3.05) is 7.11 Å². The van der Waals surface area contributed by atoms with Crippen LogP contribution in [0.3, 0.4) is 0 Å². The zero-order chi connectivity index (χ0) is 9.84. The molecule has 0 aliphatic heterocycles. The van der Waals surface area contributed by atoms with Gasteiger partial charge in [0.2, 0.25) is 0 Å². The zero-order valence-electron chi connectivity index (χ0n) is 7.01. The molecular weight excluding hydrogens is 180 g/mol. The number of hydrogen-bond donors (Lipinski definition) is 1. The quantitative estimate of drug-likeness (QED) is 0.730. The average molecular weight is 189 g/mol. The molecule has 0 spiro atoms. The summed E-state index contributed by atoms with van der Waals surface area (Å²) in [7, 11) is 1.29. The molecule has 0 amide bonds. The summed E-state index contributed by atoms with van der Waals surface area (Å²) in [5.74, 6) is 3.28. The van der Waals surface area contributed by atoms with Gasteiger partial charge in [0.05, 0.1) is 13.7 Å². The first-order chi connectivity index (χ1) is 6.19. The standard InChI is InChI=1S/C8H9F2NO2/c1-12-8-5(4-13-11)2-6(9)3-7(8)10/h2-3H,4,11H2,1H3. The Hall–Kier alpha value is -1.20. The summed E-state index contributed by atoms with van der Waals surface area (Å²) < 4.78 is 30.4. The van der Waals surface area contributed by atoms with Crippen LogP contribution in [-0.4, -0.2) is 7.11 Å². The van der Waals surface area contributed by atoms with Crippen LogP contribution in [0.15, 0.2) is 12.1 Å². The third-order valence-corrected chi connectivity index (χ3v) is 1.53. The van der Waals surface area contributed by atoms with E-state index in [9.17, 15) is 8.78 Å². The fourth-order valence-electron chi connectivity index (χ4n) is 1.04. The molecular formula is C8H9F2NO2. The third-order valence-electron chi connectivity index (χ3n) is 1.53. The van der Waals surface area contributed by atoms with E-state index in [1.165, 1.54) is 7.11 Å². The van der Waals surface area contributed by atoms with Crippen molar-refractivity contribution in [1.82, 2.24) is 0 Å². The highest BCUT2D eigenvalue weighted by Gasteiger charge is 2.11. The number of halogens is 2. The van der Waals surface area contributed by atoms with Crippen LogP contribution in [0.2, 0.25) is 0 Å². The van der Waals surface area contributed by atoms with Crippen molar-refractivity contribution in [3.63, 3.8) is 0 Å². The largest absolute Gasteiger partial charge is 0.493 e. The van der Waals surface area contributed by atoms with Gasteiger partial charge >= 0.3 is 0 Å². The monoisotopic (exact) mass is 189 g/mol. The van der Waals surface area contributed by atoms with Gasteiger partial charge in [-0.25, -0.2) is 14.7 Å². The van der Waals surface area contributed by atoms with Crippen molar-refractivity contribution in [3.8, 4) is 5.75 Å². The second kappa shape index (κ2) is 4.15. The van der Waals surface area contributed by atoms with E-state index in [0.717, 1.165) is 12.1 Å². The van der Waals surface area contributed by atoms with Crippen LogP contribution < -0.4 is 10.6 Å². The maximum atomic E-state index is 13.0. The molecule has 2 N–H and O–H groups in total. The van der Waals surface area contributed by atoms with E-state index in [0.29, 0.717) is 0 Å². The van der Waals surface area contributed by atoms with Crippen LogP contribution in [-0.2, 0) is 11.4 Å². The van der Waals surface area contributed by atoms with Crippen molar-refractivity contribution in [1.29, 1.82) is 0 Å². The van der Waals surface area contributed by atoms with Crippen LogP contribution in [0.1, 0.15) is 5.56 Å². The Bertz CT molecular complexity index is 304. The van der Waals surface area contributed by atoms with Crippen molar-refractivity contribution < 1.29 is 18.4 Å². The Morgan fingerprint density at radius 3 is 2.62 bits per heavy atom. The van der Waals surface area contributed by atoms with Gasteiger partial charge in [-0.1, -0.05) is 0 Å². The number of ether oxygens (including phenoxy) is 1. The van der Waals surface area contributed by atoms with Crippen LogP contribution in [0.25, 0.3) is 0 Å². The van der Waals surface area contributed by atoms with Gasteiger partial charge in [0.15, 0.2) is 11.6 Å². The van der Waals surface area contributed by atoms with Gasteiger partial charge in [-0.3, -0.25) is 4.84 Å². The average Bonchev–Trinajstić information content (AvgIpc) is 2.04. The van der Waals surface area contributed by atoms with E-state index in [2.05, 4.69) is 4.84 Å². The number of methoxy groups -OCH3 is 1. The maximum Gasteiger partial charge on any atom is 0.168 e. The molecule has 3 nitrogen and oxygen atoms in total. The topological polar surface area (TPSA) is 44.5 Å². The molecule has 0 radical (unpaired) electrons. The zero-order valence-corrected chi connectivity index (χ0v) is 7.01. The highest BCUT2D eigenvalue weighted by molar-refractivity contribution is 5.35. The van der Waals surface area contributed by atoms with Crippen LogP contribution in [0, 0.1) is 11.6 Å². The SMILES string of the molecule is COc1c(F)cc(F)cc1CON. The molecule has 0 aliphatic rings. The van der Waals surface area contributed by atoms with Gasteiger partial charge in [-0.2, -0.15) is 0 Å². The predicted octanol–water partition coefficient (Wildman–Crippen LogP) is 1.36. The number of rotatable bonds is 3. The van der Waals surface area contributed by atoms with E-state index in [1.54, 1.807) is 0 Å². The molecule has 0 atom stereocenters. The minimum Gasteiger partial charge on any atom is -0.493 e. The second-order valence-electron chi connectivity index (χ2n) is 2.39. The summed E-state index contributed by atoms with van der Waals surface area (Å²) in [4.78, 5) is 4.27. The van der Waals surface area contributed by atoms with E-state index >= 15 is 0 Å². The van der Waals surface area contributed by atoms with Gasteiger partial charge < -0.3 is 4.74 Å². The molecule has 0 bridgehead atoms. The minimum absolute atomic E-state index is 0.0492. The smallest absolute Gasteiger partial charge is 0.168 e. The summed E-state index contributed by atoms with van der Waals surface area (Å²) in [5, 5.41) is 0. The van der Waals surface area contributed by atoms with Crippen LogP contribution in [0.5, 0.6) is 5.75 Å². The summed E-state index contributed by atoms with van der Waals surface area (Å²) >= 11 is 0. The third kappa shape index (κ3) is 2.13. The molecule has 0 unspecified atom stereocenters. The molecule has 0 heterocycles. The highest BCUT2D eigenvalue weighted by Crippen LogP contribution is 2.24. The molecule has 0 saturated heterocycles. The Morgan fingerprint density at radius 2 is 2.08 bits per heavy atom. The normalized spacial score (nSPS) is 10.2. The van der Waals surface area contributed by atoms with Gasteiger partial charge in [0, 0.05) is 11.6 Å². The lowest BCUT2D eigenvalue weighted by Gasteiger charge is -2.07. The molecule has 0 saturated carbocycles. The molecule has 0 aliphatic carbocycles. The van der Waals surface area contributed by atoms with E-state index < -0.39 is 11.6 Å². The summed E-state index contributed by atoms with van der Waals surface area (Å²) in [6.07, 6.45) is 0. The van der Waals surface area contributed by atoms with E-state index in [1.807, 2.05) is 0 Å². The minimum atomic E-state index is -0.769. The lowest BCUT2D eigenvalue weighted by atomic mass is 10.2. The van der Waals surface area contributed by atoms with Gasteiger partial charge in [0.25, 0.3) is 0 Å². The fraction of sp³-hybridized carbons (Fsp3) is 0.250. The molecule has 0 fully saturated rings. The summed E-state index contributed by atoms with van der Waals surface area (Å²) in [6.45, 7) is -0.0994. The van der Waals surface area contributed by atoms with Crippen LogP contribution >= 0.6 is 0 Å². The highest BCUT2D eigenvalue weighted by atomic mass is 19.1. The first-order valence-electron chi connectivity index (χ1n) is 3.52. The number of nitrogens with two attached hydrogens (primary N) is 1. The number of hydrogen-bond acceptors (Lipinski definition) is 3. The fourth-order valence-corrected chi connectivity index (χ4v) is 1.04. The van der Waals surface area contributed by atoms with Crippen molar-refractivity contribution in [3.05, 3.63) is 29.3 Å². The Morgan fingerprint density at radius 1 is 1.38 bits per heavy atom. The number of benzene rings is 1. The summed E-state index contributed by atoms with van der Waals surface area (Å²) in [6, 6.07) is 1.84. The molecule has 5 heteroatoms. The predicted molar refractivity (Wildman–Crippen MR) is 41.9 cm³/mol. The van der Waals surface area contributed by atoms with Crippen molar-refractivity contribution in [2.24, 2.45) is 5.90 Å². The molecule has 72 valence electrons. The first-order valence-corrected chi connectivity index (χ1v) is 3.52. The maximum absolute atomic E-state index is 13.0. The Labute approximate surface area is 74.0 Å². The van der Waals surface area contributed by atoms with E-state index in [4.69, 9.17) is 10.6 Å². The van der Waals surface area contributed by atoms with Crippen LogP contribution in [0.4, 0.5) is 8.78 Å². The van der Waals surface area contributed by atoms with Crippen molar-refractivity contribution in [2.45, 2.75) is 6.61 Å².